The van der Waals surface area contributed by atoms with Gasteiger partial charge in [0.05, 0.1) is 18.8 Å². The SMILES string of the molecule is COc1c(CCC(=O)O)c(C(C)(C)C)nn1C1CCCC1. The second-order valence-electron chi connectivity index (χ2n) is 6.86. The number of ether oxygens (including phenoxy) is 1. The van der Waals surface area contributed by atoms with Gasteiger partial charge < -0.3 is 9.84 Å². The second kappa shape index (κ2) is 6.08. The number of carboxylic acid groups (broad SMARTS) is 1. The van der Waals surface area contributed by atoms with Crippen LogP contribution < -0.4 is 4.74 Å². The van der Waals surface area contributed by atoms with E-state index in [2.05, 4.69) is 20.8 Å². The zero-order chi connectivity index (χ0) is 15.6. The molecular formula is C16H26N2O3. The molecule has 118 valence electrons. The fourth-order valence-electron chi connectivity index (χ4n) is 3.13. The number of aliphatic carboxylic acids is 1. The van der Waals surface area contributed by atoms with E-state index < -0.39 is 5.97 Å². The normalized spacial score (nSPS) is 16.4. The first-order chi connectivity index (χ1) is 9.84. The zero-order valence-corrected chi connectivity index (χ0v) is 13.5. The van der Waals surface area contributed by atoms with Gasteiger partial charge in [-0.05, 0) is 19.3 Å². The van der Waals surface area contributed by atoms with E-state index in [1.807, 2.05) is 4.68 Å². The lowest BCUT2D eigenvalue weighted by atomic mass is 9.88. The molecule has 2 rings (SSSR count). The molecule has 0 radical (unpaired) electrons. The first kappa shape index (κ1) is 15.9. The highest BCUT2D eigenvalue weighted by Crippen LogP contribution is 2.38. The first-order valence-corrected chi connectivity index (χ1v) is 7.72. The average Bonchev–Trinajstić information content (AvgIpc) is 3.01. The Hall–Kier alpha value is -1.52. The largest absolute Gasteiger partial charge is 0.481 e. The lowest BCUT2D eigenvalue weighted by Crippen LogP contribution is -2.16. The van der Waals surface area contributed by atoms with Crippen LogP contribution in [0.2, 0.25) is 0 Å². The van der Waals surface area contributed by atoms with Gasteiger partial charge in [-0.2, -0.15) is 5.10 Å². The van der Waals surface area contributed by atoms with Crippen LogP contribution in [0, 0.1) is 0 Å². The molecule has 0 unspecified atom stereocenters. The molecule has 0 aromatic carbocycles. The predicted octanol–water partition coefficient (Wildman–Crippen LogP) is 3.32. The number of carbonyl (C=O) groups is 1. The highest BCUT2D eigenvalue weighted by atomic mass is 16.5. The maximum Gasteiger partial charge on any atom is 0.303 e. The van der Waals surface area contributed by atoms with Crippen molar-refractivity contribution in [1.82, 2.24) is 9.78 Å². The molecule has 1 aromatic heterocycles. The van der Waals surface area contributed by atoms with Crippen molar-refractivity contribution < 1.29 is 14.6 Å². The van der Waals surface area contributed by atoms with Crippen molar-refractivity contribution in [3.63, 3.8) is 0 Å². The number of carboxylic acids is 1. The summed E-state index contributed by atoms with van der Waals surface area (Å²) >= 11 is 0. The molecule has 0 atom stereocenters. The molecule has 0 aliphatic heterocycles. The summed E-state index contributed by atoms with van der Waals surface area (Å²) < 4.78 is 7.61. The molecule has 1 heterocycles. The van der Waals surface area contributed by atoms with Crippen molar-refractivity contribution >= 4 is 5.97 Å². The molecule has 1 aliphatic rings. The average molecular weight is 294 g/mol. The van der Waals surface area contributed by atoms with Crippen LogP contribution in [0.5, 0.6) is 5.88 Å². The molecule has 1 N–H and O–H groups in total. The van der Waals surface area contributed by atoms with Gasteiger partial charge in [0.15, 0.2) is 0 Å². The van der Waals surface area contributed by atoms with Gasteiger partial charge in [-0.1, -0.05) is 33.6 Å². The topological polar surface area (TPSA) is 64.3 Å². The van der Waals surface area contributed by atoms with Crippen LogP contribution in [0.3, 0.4) is 0 Å². The Kier molecular flexibility index (Phi) is 4.59. The maximum absolute atomic E-state index is 10.9. The van der Waals surface area contributed by atoms with E-state index in [0.717, 1.165) is 30.0 Å². The van der Waals surface area contributed by atoms with E-state index in [1.165, 1.54) is 12.8 Å². The van der Waals surface area contributed by atoms with Crippen molar-refractivity contribution in [1.29, 1.82) is 0 Å². The van der Waals surface area contributed by atoms with E-state index in [4.69, 9.17) is 14.9 Å². The van der Waals surface area contributed by atoms with Gasteiger partial charge in [0.1, 0.15) is 0 Å². The van der Waals surface area contributed by atoms with Crippen molar-refractivity contribution in [2.24, 2.45) is 0 Å². The molecule has 1 saturated carbocycles. The van der Waals surface area contributed by atoms with Gasteiger partial charge in [-0.25, -0.2) is 4.68 Å². The Morgan fingerprint density at radius 1 is 1.38 bits per heavy atom. The monoisotopic (exact) mass is 294 g/mol. The van der Waals surface area contributed by atoms with Gasteiger partial charge in [-0.3, -0.25) is 4.79 Å². The molecule has 21 heavy (non-hydrogen) atoms. The van der Waals surface area contributed by atoms with Crippen LogP contribution in [-0.2, 0) is 16.6 Å². The molecule has 0 amide bonds. The Balaban J connectivity index is 2.44. The summed E-state index contributed by atoms with van der Waals surface area (Å²) in [5.74, 6) is -0.0291. The molecule has 1 aliphatic carbocycles. The number of hydrogen-bond donors (Lipinski definition) is 1. The summed E-state index contributed by atoms with van der Waals surface area (Å²) in [7, 11) is 1.65. The number of hydrogen-bond acceptors (Lipinski definition) is 3. The molecule has 0 bridgehead atoms. The highest BCUT2D eigenvalue weighted by molar-refractivity contribution is 5.67. The Morgan fingerprint density at radius 3 is 2.48 bits per heavy atom. The van der Waals surface area contributed by atoms with Gasteiger partial charge in [0.25, 0.3) is 0 Å². The molecule has 1 fully saturated rings. The van der Waals surface area contributed by atoms with E-state index in [9.17, 15) is 4.79 Å². The van der Waals surface area contributed by atoms with E-state index in [-0.39, 0.29) is 11.8 Å². The second-order valence-corrected chi connectivity index (χ2v) is 6.86. The highest BCUT2D eigenvalue weighted by Gasteiger charge is 2.31. The minimum atomic E-state index is -0.787. The zero-order valence-electron chi connectivity index (χ0n) is 13.5. The van der Waals surface area contributed by atoms with Crippen LogP contribution in [-0.4, -0.2) is 28.0 Å². The number of nitrogens with zero attached hydrogens (tertiary/aromatic N) is 2. The van der Waals surface area contributed by atoms with E-state index in [0.29, 0.717) is 12.5 Å². The number of rotatable bonds is 5. The molecular weight excluding hydrogens is 268 g/mol. The fraction of sp³-hybridized carbons (Fsp3) is 0.750. The molecule has 1 aromatic rings. The Labute approximate surface area is 126 Å². The standard InChI is InChI=1S/C16H26N2O3/c1-16(2,3)14-12(9-10-13(19)20)15(21-4)18(17-14)11-7-5-6-8-11/h11H,5-10H2,1-4H3,(H,19,20). The third-order valence-electron chi connectivity index (χ3n) is 4.12. The van der Waals surface area contributed by atoms with Gasteiger partial charge in [0.2, 0.25) is 5.88 Å². The van der Waals surface area contributed by atoms with Crippen LogP contribution >= 0.6 is 0 Å². The Bertz CT molecular complexity index is 508. The van der Waals surface area contributed by atoms with Crippen molar-refractivity contribution in [2.75, 3.05) is 7.11 Å². The maximum atomic E-state index is 10.9. The summed E-state index contributed by atoms with van der Waals surface area (Å²) in [4.78, 5) is 10.9. The van der Waals surface area contributed by atoms with Crippen LogP contribution in [0.25, 0.3) is 0 Å². The van der Waals surface area contributed by atoms with Crippen molar-refractivity contribution in [3.8, 4) is 5.88 Å². The minimum absolute atomic E-state index is 0.107. The van der Waals surface area contributed by atoms with Gasteiger partial charge >= 0.3 is 5.97 Å². The fourth-order valence-corrected chi connectivity index (χ4v) is 3.13. The summed E-state index contributed by atoms with van der Waals surface area (Å²) in [6.07, 6.45) is 5.28. The minimum Gasteiger partial charge on any atom is -0.481 e. The van der Waals surface area contributed by atoms with Gasteiger partial charge in [-0.15, -0.1) is 0 Å². The summed E-state index contributed by atoms with van der Waals surface area (Å²) in [5.41, 5.74) is 1.80. The van der Waals surface area contributed by atoms with Crippen LogP contribution in [0.15, 0.2) is 0 Å². The molecule has 0 saturated heterocycles. The van der Waals surface area contributed by atoms with Crippen LogP contribution in [0.1, 0.15) is 70.2 Å². The summed E-state index contributed by atoms with van der Waals surface area (Å²) in [6.45, 7) is 6.33. The van der Waals surface area contributed by atoms with E-state index in [1.54, 1.807) is 7.11 Å². The lowest BCUT2D eigenvalue weighted by Gasteiger charge is -2.17. The molecule has 5 heteroatoms. The lowest BCUT2D eigenvalue weighted by molar-refractivity contribution is -0.136. The van der Waals surface area contributed by atoms with Crippen molar-refractivity contribution in [2.45, 2.75) is 70.8 Å². The number of methoxy groups -OCH3 is 1. The van der Waals surface area contributed by atoms with Gasteiger partial charge in [0, 0.05) is 17.4 Å². The quantitative estimate of drug-likeness (QED) is 0.904. The van der Waals surface area contributed by atoms with Crippen LogP contribution in [0.4, 0.5) is 0 Å². The first-order valence-electron chi connectivity index (χ1n) is 7.72. The third-order valence-corrected chi connectivity index (χ3v) is 4.12. The number of aromatic nitrogens is 2. The smallest absolute Gasteiger partial charge is 0.303 e. The Morgan fingerprint density at radius 2 is 2.00 bits per heavy atom. The third kappa shape index (κ3) is 3.39. The predicted molar refractivity (Wildman–Crippen MR) is 80.9 cm³/mol. The van der Waals surface area contributed by atoms with E-state index >= 15 is 0 Å². The molecule has 5 nitrogen and oxygen atoms in total. The summed E-state index contributed by atoms with van der Waals surface area (Å²) in [6, 6.07) is 0.389. The van der Waals surface area contributed by atoms with Crippen molar-refractivity contribution in [3.05, 3.63) is 11.3 Å². The molecule has 0 spiro atoms. The summed E-state index contributed by atoms with van der Waals surface area (Å²) in [5, 5.41) is 13.8.